The van der Waals surface area contributed by atoms with Crippen LogP contribution in [-0.4, -0.2) is 49.3 Å². The summed E-state index contributed by atoms with van der Waals surface area (Å²) in [6.45, 7) is 21.2. The molecule has 2 aromatic carbocycles. The number of ketones is 1. The Bertz CT molecular complexity index is 1470. The number of hydrogen-bond acceptors (Lipinski definition) is 5. The Kier molecular flexibility index (Phi) is 8.60. The van der Waals surface area contributed by atoms with Gasteiger partial charge < -0.3 is 24.0 Å². The predicted molar refractivity (Wildman–Crippen MR) is 169 cm³/mol. The van der Waals surface area contributed by atoms with Crippen LogP contribution in [-0.2, 0) is 14.6 Å². The molecule has 0 spiro atoms. The lowest BCUT2D eigenvalue weighted by molar-refractivity contribution is -0.223. The topological polar surface area (TPSA) is 80.8 Å². The van der Waals surface area contributed by atoms with Crippen molar-refractivity contribution >= 4 is 48.2 Å². The Morgan fingerprint density at radius 2 is 1.66 bits per heavy atom. The van der Waals surface area contributed by atoms with Crippen molar-refractivity contribution in [2.75, 3.05) is 13.2 Å². The van der Waals surface area contributed by atoms with E-state index in [0.717, 1.165) is 22.2 Å². The number of aromatic amines is 1. The van der Waals surface area contributed by atoms with Gasteiger partial charge in [0.25, 0.3) is 0 Å². The first kappa shape index (κ1) is 32.0. The first-order chi connectivity index (χ1) is 18.7. The molecule has 0 amide bonds. The molecule has 0 aliphatic heterocycles. The number of carbonyl (C=O) groups is 1. The second kappa shape index (κ2) is 11.0. The van der Waals surface area contributed by atoms with E-state index in [2.05, 4.69) is 52.7 Å². The minimum Gasteiger partial charge on any atom is -0.493 e. The standard InChI is InChI=1S/C32H43Cl2NO5Si/c1-18(26(40-32(7,8)37)17-39-41(9,10)30(2,3)4)16-38-19-11-12-20-22(13-19)31(5,6)29-27(28(20)36)21-14-23(33)24(34)15-25(21)35-29/h11-15,18,26,35,37H,16-17H2,1-10H3/t18-,26-/m1/s1. The monoisotopic (exact) mass is 619 g/mol. The average molecular weight is 621 g/mol. The molecule has 0 unspecified atom stereocenters. The molecule has 9 heteroatoms. The van der Waals surface area contributed by atoms with Gasteiger partial charge in [-0.1, -0.05) is 64.7 Å². The molecular formula is C32H43Cl2NO5Si. The van der Waals surface area contributed by atoms with Crippen LogP contribution in [0, 0.1) is 5.92 Å². The van der Waals surface area contributed by atoms with E-state index in [9.17, 15) is 9.90 Å². The number of benzene rings is 2. The number of H-pyrrole nitrogens is 1. The third-order valence-corrected chi connectivity index (χ3v) is 13.8. The Labute approximate surface area is 254 Å². The largest absolute Gasteiger partial charge is 0.493 e. The number of fused-ring (bicyclic) bond motifs is 4. The number of hydrogen-bond donors (Lipinski definition) is 2. The fourth-order valence-electron chi connectivity index (χ4n) is 5.02. The second-order valence-electron chi connectivity index (χ2n) is 13.8. The van der Waals surface area contributed by atoms with Crippen LogP contribution in [0.2, 0.25) is 28.2 Å². The lowest BCUT2D eigenvalue weighted by atomic mass is 9.71. The first-order valence-corrected chi connectivity index (χ1v) is 17.8. The summed E-state index contributed by atoms with van der Waals surface area (Å²) in [6.07, 6.45) is -0.368. The maximum atomic E-state index is 13.7. The lowest BCUT2D eigenvalue weighted by Crippen LogP contribution is -2.46. The average Bonchev–Trinajstić information content (AvgIpc) is 3.22. The number of aromatic nitrogens is 1. The first-order valence-electron chi connectivity index (χ1n) is 14.1. The highest BCUT2D eigenvalue weighted by molar-refractivity contribution is 6.74. The van der Waals surface area contributed by atoms with Crippen LogP contribution < -0.4 is 4.74 Å². The van der Waals surface area contributed by atoms with Crippen LogP contribution in [0.5, 0.6) is 5.75 Å². The predicted octanol–water partition coefficient (Wildman–Crippen LogP) is 8.50. The summed E-state index contributed by atoms with van der Waals surface area (Å²) in [6, 6.07) is 9.15. The van der Waals surface area contributed by atoms with Gasteiger partial charge in [-0.25, -0.2) is 0 Å². The Balaban J connectivity index is 1.57. The van der Waals surface area contributed by atoms with Gasteiger partial charge in [-0.05, 0) is 67.9 Å². The molecular weight excluding hydrogens is 577 g/mol. The van der Waals surface area contributed by atoms with Gasteiger partial charge in [0.15, 0.2) is 19.9 Å². The van der Waals surface area contributed by atoms with Crippen molar-refractivity contribution in [2.45, 2.75) is 90.8 Å². The Hall–Kier alpha value is -1.87. The molecule has 224 valence electrons. The van der Waals surface area contributed by atoms with Gasteiger partial charge in [-0.15, -0.1) is 0 Å². The minimum atomic E-state index is -2.01. The van der Waals surface area contributed by atoms with Crippen molar-refractivity contribution < 1.29 is 23.8 Å². The summed E-state index contributed by atoms with van der Waals surface area (Å²) in [5, 5.41) is 12.1. The molecule has 0 radical (unpaired) electrons. The number of halogens is 2. The van der Waals surface area contributed by atoms with E-state index >= 15 is 0 Å². The van der Waals surface area contributed by atoms with Crippen molar-refractivity contribution in [3.05, 3.63) is 62.8 Å². The number of nitrogens with one attached hydrogen (secondary N) is 1. The Morgan fingerprint density at radius 3 is 2.27 bits per heavy atom. The number of ether oxygens (including phenoxy) is 2. The molecule has 6 nitrogen and oxygen atoms in total. The van der Waals surface area contributed by atoms with Crippen LogP contribution in [0.4, 0.5) is 0 Å². The van der Waals surface area contributed by atoms with Gasteiger partial charge in [0.05, 0.1) is 34.9 Å². The summed E-state index contributed by atoms with van der Waals surface area (Å²) >= 11 is 12.6. The summed E-state index contributed by atoms with van der Waals surface area (Å²) in [7, 11) is -2.01. The van der Waals surface area contributed by atoms with E-state index in [1.54, 1.807) is 26.0 Å². The maximum Gasteiger partial charge on any atom is 0.195 e. The summed E-state index contributed by atoms with van der Waals surface area (Å²) in [4.78, 5) is 17.1. The third-order valence-electron chi connectivity index (χ3n) is 8.60. The molecule has 0 fully saturated rings. The van der Waals surface area contributed by atoms with Crippen molar-refractivity contribution in [1.82, 2.24) is 4.98 Å². The minimum absolute atomic E-state index is 0.0553. The second-order valence-corrected chi connectivity index (χ2v) is 19.4. The van der Waals surface area contributed by atoms with Crippen molar-refractivity contribution in [3.8, 4) is 5.75 Å². The number of rotatable bonds is 9. The fraction of sp³-hybridized carbons (Fsp3) is 0.531. The van der Waals surface area contributed by atoms with Crippen LogP contribution in [0.25, 0.3) is 10.9 Å². The molecule has 2 N–H and O–H groups in total. The van der Waals surface area contributed by atoms with Crippen molar-refractivity contribution in [1.29, 1.82) is 0 Å². The van der Waals surface area contributed by atoms with Crippen LogP contribution >= 0.6 is 23.2 Å². The zero-order valence-electron chi connectivity index (χ0n) is 25.8. The zero-order valence-corrected chi connectivity index (χ0v) is 28.3. The van der Waals surface area contributed by atoms with Gasteiger partial charge in [-0.2, -0.15) is 0 Å². The number of aliphatic hydroxyl groups is 1. The van der Waals surface area contributed by atoms with Crippen molar-refractivity contribution in [2.24, 2.45) is 5.92 Å². The van der Waals surface area contributed by atoms with E-state index in [1.807, 2.05) is 25.1 Å². The molecule has 41 heavy (non-hydrogen) atoms. The maximum absolute atomic E-state index is 13.7. The van der Waals surface area contributed by atoms with Crippen LogP contribution in [0.1, 0.15) is 82.6 Å². The summed E-state index contributed by atoms with van der Waals surface area (Å²) < 4.78 is 18.7. The molecule has 1 aromatic heterocycles. The molecule has 0 saturated carbocycles. The molecule has 1 heterocycles. The quantitative estimate of drug-likeness (QED) is 0.185. The van der Waals surface area contributed by atoms with Gasteiger partial charge in [0, 0.05) is 33.5 Å². The van der Waals surface area contributed by atoms with E-state index in [4.69, 9.17) is 37.1 Å². The molecule has 4 rings (SSSR count). The summed E-state index contributed by atoms with van der Waals surface area (Å²) in [5.74, 6) is -0.779. The normalized spacial score (nSPS) is 16.9. The molecule has 0 saturated heterocycles. The highest BCUT2D eigenvalue weighted by atomic mass is 35.5. The molecule has 3 aromatic rings. The van der Waals surface area contributed by atoms with Crippen LogP contribution in [0.15, 0.2) is 30.3 Å². The molecule has 1 aliphatic carbocycles. The van der Waals surface area contributed by atoms with Crippen LogP contribution in [0.3, 0.4) is 0 Å². The smallest absolute Gasteiger partial charge is 0.195 e. The molecule has 0 bridgehead atoms. The third kappa shape index (κ3) is 6.41. The highest BCUT2D eigenvalue weighted by Crippen LogP contribution is 2.46. The van der Waals surface area contributed by atoms with Gasteiger partial charge in [-0.3, -0.25) is 4.79 Å². The summed E-state index contributed by atoms with van der Waals surface area (Å²) in [5.41, 5.74) is 3.27. The van der Waals surface area contributed by atoms with E-state index in [-0.39, 0.29) is 22.8 Å². The van der Waals surface area contributed by atoms with Gasteiger partial charge in [0.1, 0.15) is 5.75 Å². The zero-order chi connectivity index (χ0) is 30.7. The van der Waals surface area contributed by atoms with E-state index in [1.165, 1.54) is 0 Å². The Morgan fingerprint density at radius 1 is 1.02 bits per heavy atom. The van der Waals surface area contributed by atoms with E-state index in [0.29, 0.717) is 40.1 Å². The highest BCUT2D eigenvalue weighted by Gasteiger charge is 2.41. The van der Waals surface area contributed by atoms with E-state index < -0.39 is 19.5 Å². The van der Waals surface area contributed by atoms with Crippen molar-refractivity contribution in [3.63, 3.8) is 0 Å². The number of carbonyl (C=O) groups excluding carboxylic acids is 1. The lowest BCUT2D eigenvalue weighted by Gasteiger charge is -2.39. The van der Waals surface area contributed by atoms with Gasteiger partial charge >= 0.3 is 0 Å². The molecule has 1 aliphatic rings. The fourth-order valence-corrected chi connectivity index (χ4v) is 6.36. The van der Waals surface area contributed by atoms with Gasteiger partial charge in [0.2, 0.25) is 0 Å². The SMILES string of the molecule is C[C@H](COc1ccc2c(c1)C(C)(C)c1[nH]c3cc(Cl)c(Cl)cc3c1C2=O)[C@@H](CO[Si](C)(C)C(C)(C)C)OC(C)(C)O. The molecule has 2 atom stereocenters.